The molecule has 0 radical (unpaired) electrons. The van der Waals surface area contributed by atoms with Gasteiger partial charge in [0.2, 0.25) is 0 Å². The summed E-state index contributed by atoms with van der Waals surface area (Å²) in [6.07, 6.45) is 0. The third kappa shape index (κ3) is 4.90. The second-order valence-electron chi connectivity index (χ2n) is 9.16. The third-order valence-corrected chi connectivity index (χ3v) is 10.6. The summed E-state index contributed by atoms with van der Waals surface area (Å²) in [5, 5.41) is 0. The lowest BCUT2D eigenvalue weighted by atomic mass is 10.0. The normalized spacial score (nSPS) is 12.7. The van der Waals surface area contributed by atoms with E-state index in [1.807, 2.05) is 24.3 Å². The maximum atomic E-state index is 14.1. The van der Waals surface area contributed by atoms with Gasteiger partial charge in [0.15, 0.2) is 0 Å². The Morgan fingerprint density at radius 3 is 1.74 bits per heavy atom. The fourth-order valence-electron chi connectivity index (χ4n) is 4.64. The van der Waals surface area contributed by atoms with Crippen molar-refractivity contribution in [3.05, 3.63) is 77.9 Å². The van der Waals surface area contributed by atoms with Crippen LogP contribution in [0.25, 0.3) is 52.8 Å². The van der Waals surface area contributed by atoms with Crippen molar-refractivity contribution in [1.29, 1.82) is 0 Å². The number of halogens is 5. The van der Waals surface area contributed by atoms with Gasteiger partial charge in [-0.05, 0) is 83.9 Å². The molecule has 210 valence electrons. The van der Waals surface area contributed by atoms with Gasteiger partial charge in [0.05, 0.1) is 28.0 Å². The minimum atomic E-state index is -4.60. The summed E-state index contributed by atoms with van der Waals surface area (Å²) in [6.45, 7) is 1.73. The molecule has 42 heavy (non-hydrogen) atoms. The molecule has 4 nitrogen and oxygen atoms in total. The molecule has 0 fully saturated rings. The average molecular weight is 661 g/mol. The van der Waals surface area contributed by atoms with Crippen LogP contribution in [0.4, 0.5) is 33.3 Å². The molecule has 0 saturated heterocycles. The highest BCUT2D eigenvalue weighted by molar-refractivity contribution is 8.00. The van der Waals surface area contributed by atoms with Gasteiger partial charge in [-0.2, -0.15) is 30.6 Å². The van der Waals surface area contributed by atoms with Crippen LogP contribution >= 0.6 is 46.2 Å². The van der Waals surface area contributed by atoms with Gasteiger partial charge in [0, 0.05) is 30.6 Å². The Kier molecular flexibility index (Phi) is 6.85. The number of aromatic nitrogens is 2. The fourth-order valence-corrected chi connectivity index (χ4v) is 8.46. The predicted molar refractivity (Wildman–Crippen MR) is 163 cm³/mol. The Labute approximate surface area is 255 Å². The number of hydrogen-bond acceptors (Lipinski definition) is 8. The molecule has 0 aliphatic carbocycles. The zero-order valence-electron chi connectivity index (χ0n) is 21.0. The summed E-state index contributed by atoms with van der Waals surface area (Å²) < 4.78 is 85.3. The molecule has 4 heterocycles. The summed E-state index contributed by atoms with van der Waals surface area (Å²) in [4.78, 5) is 2.86. The fraction of sp³-hybridized carbons (Fsp3) is 0.0714. The molecule has 6 aromatic rings. The number of aryl methyl sites for hydroxylation is 1. The van der Waals surface area contributed by atoms with Crippen LogP contribution in [-0.2, 0) is 11.4 Å². The van der Waals surface area contributed by atoms with Crippen molar-refractivity contribution in [2.24, 2.45) is 8.73 Å². The first kappa shape index (κ1) is 27.5. The lowest BCUT2D eigenvalue weighted by Gasteiger charge is -2.10. The first-order valence-electron chi connectivity index (χ1n) is 12.1. The first-order chi connectivity index (χ1) is 20.2. The second-order valence-corrected chi connectivity index (χ2v) is 13.5. The Morgan fingerprint density at radius 2 is 1.19 bits per heavy atom. The van der Waals surface area contributed by atoms with Crippen LogP contribution in [0, 0.1) is 18.6 Å². The number of thioether (sulfide) groups is 1. The van der Waals surface area contributed by atoms with Crippen molar-refractivity contribution in [2.45, 2.75) is 17.3 Å². The molecule has 14 heteroatoms. The molecule has 0 N–H and O–H groups in total. The van der Waals surface area contributed by atoms with Crippen LogP contribution < -0.4 is 0 Å². The third-order valence-electron chi connectivity index (χ3n) is 6.51. The molecule has 0 bridgehead atoms. The Bertz CT molecular complexity index is 2100. The smallest absolute Gasteiger partial charge is 0.207 e. The van der Waals surface area contributed by atoms with Gasteiger partial charge in [0.25, 0.3) is 0 Å². The van der Waals surface area contributed by atoms with Crippen LogP contribution in [0.15, 0.2) is 74.3 Å². The van der Waals surface area contributed by atoms with Crippen molar-refractivity contribution in [3.8, 4) is 41.8 Å². The summed E-state index contributed by atoms with van der Waals surface area (Å²) in [7, 11) is 0. The maximum Gasteiger partial charge on any atom is 0.446 e. The average Bonchev–Trinajstić information content (AvgIpc) is 3.76. The van der Waals surface area contributed by atoms with E-state index in [0.29, 0.717) is 38.4 Å². The van der Waals surface area contributed by atoms with Crippen LogP contribution in [0.5, 0.6) is 0 Å². The van der Waals surface area contributed by atoms with E-state index in [1.165, 1.54) is 29.5 Å². The standard InChI is InChI=1S/C28H13F5N4S5/c1-12-10-13(2-4-15(12)29)17-6-8-19(38-17)22-24-26(36-41-34-24)23(27-25(22)35-42-37-27)20-9-7-18(39-20)14-3-5-16(30)21(11-14)40-28(31,32)33/h2-11H,1H3. The van der Waals surface area contributed by atoms with Gasteiger partial charge < -0.3 is 0 Å². The molecule has 0 amide bonds. The van der Waals surface area contributed by atoms with E-state index in [4.69, 9.17) is 0 Å². The number of alkyl halides is 3. The lowest BCUT2D eigenvalue weighted by Crippen LogP contribution is -2.00. The van der Waals surface area contributed by atoms with Crippen LogP contribution in [-0.4, -0.2) is 14.3 Å². The van der Waals surface area contributed by atoms with Crippen molar-refractivity contribution in [1.82, 2.24) is 8.75 Å². The van der Waals surface area contributed by atoms with Crippen molar-refractivity contribution in [2.75, 3.05) is 0 Å². The van der Waals surface area contributed by atoms with Gasteiger partial charge in [-0.15, -0.1) is 22.7 Å². The van der Waals surface area contributed by atoms with Gasteiger partial charge in [-0.1, -0.05) is 12.1 Å². The van der Waals surface area contributed by atoms with Crippen molar-refractivity contribution < 1.29 is 22.0 Å². The summed E-state index contributed by atoms with van der Waals surface area (Å²) in [6, 6.07) is 16.4. The molecule has 0 spiro atoms. The van der Waals surface area contributed by atoms with E-state index in [9.17, 15) is 22.0 Å². The van der Waals surface area contributed by atoms with E-state index in [1.54, 1.807) is 30.4 Å². The number of nitrogens with zero attached hydrogens (tertiary/aromatic N) is 4. The largest absolute Gasteiger partial charge is 0.446 e. The molecular formula is C28H13F5N4S5. The van der Waals surface area contributed by atoms with Crippen molar-refractivity contribution >= 4 is 79.9 Å². The number of thiophene rings is 2. The summed E-state index contributed by atoms with van der Waals surface area (Å²) in [5.41, 5.74) is 1.51. The molecule has 0 unspecified atom stereocenters. The van der Waals surface area contributed by atoms with Gasteiger partial charge in [-0.3, -0.25) is 0 Å². The van der Waals surface area contributed by atoms with Gasteiger partial charge >= 0.3 is 5.51 Å². The molecule has 3 aromatic heterocycles. The van der Waals surface area contributed by atoms with E-state index in [2.05, 4.69) is 17.5 Å². The highest BCUT2D eigenvalue weighted by Crippen LogP contribution is 2.54. The van der Waals surface area contributed by atoms with Crippen LogP contribution in [0.3, 0.4) is 0 Å². The van der Waals surface area contributed by atoms with E-state index in [0.717, 1.165) is 60.5 Å². The number of fused-ring (bicyclic) bond motifs is 2. The van der Waals surface area contributed by atoms with E-state index in [-0.39, 0.29) is 5.82 Å². The molecule has 3 aromatic carbocycles. The molecule has 7 rings (SSSR count). The van der Waals surface area contributed by atoms with Crippen molar-refractivity contribution in [3.63, 3.8) is 0 Å². The molecule has 0 saturated carbocycles. The Morgan fingerprint density at radius 1 is 0.667 bits per heavy atom. The number of hydrogen-bond donors (Lipinski definition) is 0. The molecular weight excluding hydrogens is 648 g/mol. The monoisotopic (exact) mass is 660 g/mol. The predicted octanol–water partition coefficient (Wildman–Crippen LogP) is 11.4. The first-order valence-corrected chi connectivity index (χ1v) is 16.0. The topological polar surface area (TPSA) is 50.5 Å². The minimum absolute atomic E-state index is 0.256. The van der Waals surface area contributed by atoms with Gasteiger partial charge in [-0.25, -0.2) is 8.78 Å². The highest BCUT2D eigenvalue weighted by atomic mass is 32.2. The molecule has 1 aliphatic heterocycles. The van der Waals surface area contributed by atoms with Gasteiger partial charge in [0.1, 0.15) is 34.0 Å². The minimum Gasteiger partial charge on any atom is -0.207 e. The highest BCUT2D eigenvalue weighted by Gasteiger charge is 2.31. The Balaban J connectivity index is 1.32. The van der Waals surface area contributed by atoms with E-state index >= 15 is 0 Å². The molecule has 1 aliphatic rings. The quantitative estimate of drug-likeness (QED) is 0.136. The second kappa shape index (κ2) is 10.5. The Hall–Kier alpha value is -3.30. The number of benzene rings is 3. The molecule has 0 atom stereocenters. The zero-order chi connectivity index (χ0) is 29.2. The van der Waals surface area contributed by atoms with Crippen LogP contribution in [0.2, 0.25) is 0 Å². The lowest BCUT2D eigenvalue weighted by molar-refractivity contribution is -0.0329. The SMILES string of the molecule is Cc1cc(-c2ccc(-c3c4c(c(-c5ccc(-c6ccc(F)c(SC(F)(F)F)c6)s5)c5nsnc35)N=S=N4)s2)ccc1F. The van der Waals surface area contributed by atoms with Crippen LogP contribution in [0.1, 0.15) is 5.56 Å². The number of rotatable bonds is 5. The summed E-state index contributed by atoms with van der Waals surface area (Å²) >= 11 is 4.55. The zero-order valence-corrected chi connectivity index (χ0v) is 25.1. The van der Waals surface area contributed by atoms with E-state index < -0.39 is 28.0 Å². The maximum absolute atomic E-state index is 14.1. The summed E-state index contributed by atoms with van der Waals surface area (Å²) in [5.74, 6) is -1.18.